The Morgan fingerprint density at radius 2 is 1.31 bits per heavy atom. The van der Waals surface area contributed by atoms with Gasteiger partial charge in [0.05, 0.1) is 5.60 Å². The first-order valence-electron chi connectivity index (χ1n) is 13.9. The number of aliphatic hydroxyl groups is 1. The summed E-state index contributed by atoms with van der Waals surface area (Å²) in [4.78, 5) is 2.51. The average molecular weight is 487 g/mol. The Bertz CT molecular complexity index is 953. The minimum Gasteiger partial charge on any atom is -0.385 e. The quantitative estimate of drug-likeness (QED) is 0.355. The van der Waals surface area contributed by atoms with Crippen LogP contribution in [0.4, 0.5) is 0 Å². The highest BCUT2D eigenvalue weighted by molar-refractivity contribution is 5.40. The van der Waals surface area contributed by atoms with Gasteiger partial charge in [-0.2, -0.15) is 0 Å². The van der Waals surface area contributed by atoms with Crippen LogP contribution in [0.1, 0.15) is 75.1 Å². The highest BCUT2D eigenvalue weighted by Crippen LogP contribution is 2.37. The Morgan fingerprint density at radius 1 is 0.806 bits per heavy atom. The van der Waals surface area contributed by atoms with Crippen LogP contribution >= 0.6 is 0 Å². The number of benzene rings is 3. The molecule has 3 aromatic rings. The molecule has 1 aliphatic rings. The van der Waals surface area contributed by atoms with Gasteiger partial charge in [0.1, 0.15) is 0 Å². The number of nitrogens with two attached hydrogens (primary N) is 1. The molecule has 0 amide bonds. The fraction of sp³-hybridized carbons (Fsp3) is 0.455. The van der Waals surface area contributed by atoms with E-state index in [1.807, 2.05) is 0 Å². The van der Waals surface area contributed by atoms with Gasteiger partial charge < -0.3 is 15.7 Å². The van der Waals surface area contributed by atoms with E-state index in [-0.39, 0.29) is 5.41 Å². The van der Waals surface area contributed by atoms with Crippen LogP contribution in [0.2, 0.25) is 0 Å². The zero-order chi connectivity index (χ0) is 25.9. The Balaban J connectivity index is 0.00000115. The monoisotopic (exact) mass is 486 g/mol. The molecule has 36 heavy (non-hydrogen) atoms. The summed E-state index contributed by atoms with van der Waals surface area (Å²) in [6.07, 6.45) is 5.94. The van der Waals surface area contributed by atoms with E-state index < -0.39 is 5.60 Å². The lowest BCUT2D eigenvalue weighted by Gasteiger charge is -2.39. The van der Waals surface area contributed by atoms with E-state index in [9.17, 15) is 5.11 Å². The van der Waals surface area contributed by atoms with Gasteiger partial charge in [0.2, 0.25) is 0 Å². The van der Waals surface area contributed by atoms with Gasteiger partial charge in [0.25, 0.3) is 0 Å². The van der Waals surface area contributed by atoms with Crippen LogP contribution in [0.5, 0.6) is 0 Å². The largest absolute Gasteiger partial charge is 0.385 e. The number of aryl methyl sites for hydroxylation is 1. The number of hydrogen-bond acceptors (Lipinski definition) is 3. The maximum Gasteiger partial charge on any atom is 0.0920 e. The molecule has 3 heteroatoms. The Kier molecular flexibility index (Phi) is 10.7. The number of rotatable bonds is 9. The van der Waals surface area contributed by atoms with Crippen molar-refractivity contribution in [2.45, 2.75) is 70.3 Å². The molecule has 0 aliphatic carbocycles. The SMILES string of the molecule is CCC.CCc1ccc(C2(O)CCN(CCCC(CN)(c3ccccc3)c3ccccc3)CC2)cc1. The van der Waals surface area contributed by atoms with Gasteiger partial charge in [-0.3, -0.25) is 0 Å². The highest BCUT2D eigenvalue weighted by Gasteiger charge is 2.35. The van der Waals surface area contributed by atoms with Gasteiger partial charge in [0, 0.05) is 25.0 Å². The molecule has 194 valence electrons. The minimum atomic E-state index is -0.697. The van der Waals surface area contributed by atoms with E-state index in [2.05, 4.69) is 111 Å². The number of likely N-dealkylation sites (tertiary alicyclic amines) is 1. The fourth-order valence-electron chi connectivity index (χ4n) is 5.40. The van der Waals surface area contributed by atoms with E-state index in [0.29, 0.717) is 6.54 Å². The van der Waals surface area contributed by atoms with Crippen molar-refractivity contribution in [1.29, 1.82) is 0 Å². The predicted octanol–water partition coefficient (Wildman–Crippen LogP) is 6.67. The van der Waals surface area contributed by atoms with Gasteiger partial charge in [-0.15, -0.1) is 0 Å². The summed E-state index contributed by atoms with van der Waals surface area (Å²) in [5.74, 6) is 0. The topological polar surface area (TPSA) is 49.5 Å². The summed E-state index contributed by atoms with van der Waals surface area (Å²) in [6, 6.07) is 30.0. The molecule has 1 heterocycles. The first kappa shape index (κ1) is 28.1. The van der Waals surface area contributed by atoms with Crippen molar-refractivity contribution < 1.29 is 5.11 Å². The number of hydrogen-bond donors (Lipinski definition) is 2. The lowest BCUT2D eigenvalue weighted by molar-refractivity contribution is -0.0262. The van der Waals surface area contributed by atoms with Crippen LogP contribution in [0.25, 0.3) is 0 Å². The molecule has 1 saturated heterocycles. The first-order chi connectivity index (χ1) is 17.5. The molecule has 1 fully saturated rings. The lowest BCUT2D eigenvalue weighted by atomic mass is 9.71. The van der Waals surface area contributed by atoms with E-state index in [0.717, 1.165) is 57.3 Å². The summed E-state index contributed by atoms with van der Waals surface area (Å²) >= 11 is 0. The van der Waals surface area contributed by atoms with Crippen LogP contribution in [0.15, 0.2) is 84.9 Å². The lowest BCUT2D eigenvalue weighted by Crippen LogP contribution is -2.43. The van der Waals surface area contributed by atoms with Crippen molar-refractivity contribution in [3.8, 4) is 0 Å². The van der Waals surface area contributed by atoms with Crippen LogP contribution < -0.4 is 5.73 Å². The second-order valence-electron chi connectivity index (χ2n) is 10.3. The molecule has 0 radical (unpaired) electrons. The van der Waals surface area contributed by atoms with Crippen molar-refractivity contribution in [1.82, 2.24) is 4.90 Å². The summed E-state index contributed by atoms with van der Waals surface area (Å²) in [6.45, 7) is 9.90. The molecule has 1 aliphatic heterocycles. The van der Waals surface area contributed by atoms with E-state index in [1.54, 1.807) is 0 Å². The number of nitrogens with zero attached hydrogens (tertiary/aromatic N) is 1. The third-order valence-corrected chi connectivity index (χ3v) is 7.66. The third kappa shape index (κ3) is 6.85. The molecule has 0 unspecified atom stereocenters. The summed E-state index contributed by atoms with van der Waals surface area (Å²) in [5, 5.41) is 11.3. The van der Waals surface area contributed by atoms with Crippen LogP contribution in [0.3, 0.4) is 0 Å². The maximum atomic E-state index is 11.3. The summed E-state index contributed by atoms with van der Waals surface area (Å²) < 4.78 is 0. The maximum absolute atomic E-state index is 11.3. The minimum absolute atomic E-state index is 0.167. The molecule has 0 spiro atoms. The van der Waals surface area contributed by atoms with Crippen molar-refractivity contribution >= 4 is 0 Å². The van der Waals surface area contributed by atoms with Gasteiger partial charge in [-0.1, -0.05) is 112 Å². The predicted molar refractivity (Wildman–Crippen MR) is 153 cm³/mol. The van der Waals surface area contributed by atoms with Gasteiger partial charge >= 0.3 is 0 Å². The van der Waals surface area contributed by atoms with E-state index in [4.69, 9.17) is 5.73 Å². The zero-order valence-corrected chi connectivity index (χ0v) is 22.6. The Labute approximate surface area is 219 Å². The van der Waals surface area contributed by atoms with Gasteiger partial charge in [0.15, 0.2) is 0 Å². The van der Waals surface area contributed by atoms with E-state index in [1.165, 1.54) is 23.1 Å². The van der Waals surface area contributed by atoms with Crippen LogP contribution in [0, 0.1) is 0 Å². The van der Waals surface area contributed by atoms with Crippen molar-refractivity contribution in [2.75, 3.05) is 26.2 Å². The molecule has 0 saturated carbocycles. The molecule has 0 atom stereocenters. The van der Waals surface area contributed by atoms with Crippen molar-refractivity contribution in [3.05, 3.63) is 107 Å². The van der Waals surface area contributed by atoms with Crippen molar-refractivity contribution in [3.63, 3.8) is 0 Å². The Hall–Kier alpha value is -2.46. The summed E-state index contributed by atoms with van der Waals surface area (Å²) in [7, 11) is 0. The second-order valence-corrected chi connectivity index (χ2v) is 10.3. The van der Waals surface area contributed by atoms with Crippen LogP contribution in [-0.2, 0) is 17.4 Å². The van der Waals surface area contributed by atoms with Crippen LogP contribution in [-0.4, -0.2) is 36.2 Å². The molecule has 3 nitrogen and oxygen atoms in total. The summed E-state index contributed by atoms with van der Waals surface area (Å²) in [5.41, 5.74) is 10.6. The van der Waals surface area contributed by atoms with E-state index >= 15 is 0 Å². The molecule has 3 aromatic carbocycles. The average Bonchev–Trinajstić information content (AvgIpc) is 2.94. The van der Waals surface area contributed by atoms with Crippen molar-refractivity contribution in [2.24, 2.45) is 5.73 Å². The first-order valence-corrected chi connectivity index (χ1v) is 13.9. The zero-order valence-electron chi connectivity index (χ0n) is 22.6. The third-order valence-electron chi connectivity index (χ3n) is 7.66. The molecule has 0 bridgehead atoms. The smallest absolute Gasteiger partial charge is 0.0920 e. The molecular formula is C33H46N2O. The fourth-order valence-corrected chi connectivity index (χ4v) is 5.40. The molecular weight excluding hydrogens is 440 g/mol. The molecule has 0 aromatic heterocycles. The normalized spacial score (nSPS) is 15.7. The molecule has 4 rings (SSSR count). The van der Waals surface area contributed by atoms with Gasteiger partial charge in [-0.05, 0) is 60.9 Å². The second kappa shape index (κ2) is 13.7. The number of piperidine rings is 1. The standard InChI is InChI=1S/C30H38N2O.C3H8/c1-2-25-14-16-28(17-15-25)30(33)19-22-32(23-20-30)21-9-18-29(24-31,26-10-5-3-6-11-26)27-12-7-4-8-13-27;1-3-2/h3-8,10-17,33H,2,9,18-24,31H2,1H3;3H2,1-2H3. The van der Waals surface area contributed by atoms with Gasteiger partial charge in [-0.25, -0.2) is 0 Å². The molecule has 3 N–H and O–H groups in total. The Morgan fingerprint density at radius 3 is 1.75 bits per heavy atom. The highest BCUT2D eigenvalue weighted by atomic mass is 16.3.